The third-order valence-corrected chi connectivity index (χ3v) is 3.34. The summed E-state index contributed by atoms with van der Waals surface area (Å²) in [6.45, 7) is 6.38. The van der Waals surface area contributed by atoms with E-state index in [0.29, 0.717) is 11.8 Å². The second kappa shape index (κ2) is 7.39. The van der Waals surface area contributed by atoms with Crippen molar-refractivity contribution in [2.75, 3.05) is 27.3 Å². The molecule has 18 heavy (non-hydrogen) atoms. The fraction of sp³-hybridized carbons (Fsp3) is 0.600. The first kappa shape index (κ1) is 15.0. The Morgan fingerprint density at radius 1 is 1.22 bits per heavy atom. The third kappa shape index (κ3) is 4.67. The predicted molar refractivity (Wildman–Crippen MR) is 74.7 cm³/mol. The van der Waals surface area contributed by atoms with E-state index < -0.39 is 0 Å². The molecule has 1 aromatic rings. The predicted octanol–water partition coefficient (Wildman–Crippen LogP) is 2.39. The fourth-order valence-corrected chi connectivity index (χ4v) is 1.99. The van der Waals surface area contributed by atoms with Gasteiger partial charge in [0.1, 0.15) is 5.75 Å². The summed E-state index contributed by atoms with van der Waals surface area (Å²) in [4.78, 5) is 2.25. The van der Waals surface area contributed by atoms with Crippen LogP contribution in [0.25, 0.3) is 0 Å². The summed E-state index contributed by atoms with van der Waals surface area (Å²) in [5.41, 5.74) is 1.26. The standard InChI is InChI=1S/C15H25NO2/c1-12(2)14(11-17)10-16(3)9-13-5-7-15(18-4)8-6-13/h5-8,12,14,17H,9-11H2,1-4H3. The molecule has 0 aromatic heterocycles. The van der Waals surface area contributed by atoms with Crippen LogP contribution in [0.4, 0.5) is 0 Å². The van der Waals surface area contributed by atoms with Crippen molar-refractivity contribution < 1.29 is 9.84 Å². The van der Waals surface area contributed by atoms with Crippen LogP contribution >= 0.6 is 0 Å². The Morgan fingerprint density at radius 2 is 1.83 bits per heavy atom. The largest absolute Gasteiger partial charge is 0.497 e. The zero-order chi connectivity index (χ0) is 13.5. The summed E-state index contributed by atoms with van der Waals surface area (Å²) in [6.07, 6.45) is 0. The van der Waals surface area contributed by atoms with Crippen molar-refractivity contribution in [1.82, 2.24) is 4.90 Å². The first-order valence-corrected chi connectivity index (χ1v) is 6.49. The molecule has 3 nitrogen and oxygen atoms in total. The van der Waals surface area contributed by atoms with Gasteiger partial charge in [-0.1, -0.05) is 26.0 Å². The van der Waals surface area contributed by atoms with Gasteiger partial charge in [0.2, 0.25) is 0 Å². The molecule has 0 amide bonds. The molecule has 0 saturated carbocycles. The summed E-state index contributed by atoms with van der Waals surface area (Å²) in [6, 6.07) is 8.13. The lowest BCUT2D eigenvalue weighted by Crippen LogP contribution is -2.30. The molecular formula is C15H25NO2. The molecule has 1 N–H and O–H groups in total. The van der Waals surface area contributed by atoms with Gasteiger partial charge in [-0.15, -0.1) is 0 Å². The van der Waals surface area contributed by atoms with Crippen LogP contribution < -0.4 is 4.74 Å². The Balaban J connectivity index is 2.50. The van der Waals surface area contributed by atoms with E-state index in [1.165, 1.54) is 5.56 Å². The average molecular weight is 251 g/mol. The Bertz CT molecular complexity index is 335. The quantitative estimate of drug-likeness (QED) is 0.807. The van der Waals surface area contributed by atoms with Crippen molar-refractivity contribution in [3.8, 4) is 5.75 Å². The van der Waals surface area contributed by atoms with Gasteiger partial charge < -0.3 is 14.7 Å². The number of nitrogens with zero attached hydrogens (tertiary/aromatic N) is 1. The Labute approximate surface area is 110 Å². The number of hydrogen-bond acceptors (Lipinski definition) is 3. The maximum absolute atomic E-state index is 9.34. The van der Waals surface area contributed by atoms with Crippen molar-refractivity contribution >= 4 is 0 Å². The van der Waals surface area contributed by atoms with E-state index in [1.807, 2.05) is 12.1 Å². The minimum atomic E-state index is 0.255. The molecule has 102 valence electrons. The summed E-state index contributed by atoms with van der Waals surface area (Å²) in [5, 5.41) is 9.34. The van der Waals surface area contributed by atoms with E-state index in [4.69, 9.17) is 4.74 Å². The van der Waals surface area contributed by atoms with Crippen molar-refractivity contribution in [2.24, 2.45) is 11.8 Å². The molecule has 0 aliphatic heterocycles. The van der Waals surface area contributed by atoms with Gasteiger partial charge in [0.25, 0.3) is 0 Å². The lowest BCUT2D eigenvalue weighted by molar-refractivity contribution is 0.143. The topological polar surface area (TPSA) is 32.7 Å². The van der Waals surface area contributed by atoms with Crippen molar-refractivity contribution in [2.45, 2.75) is 20.4 Å². The Kier molecular flexibility index (Phi) is 6.16. The first-order chi connectivity index (χ1) is 8.56. The molecule has 0 spiro atoms. The molecule has 1 unspecified atom stereocenters. The molecule has 1 atom stereocenters. The SMILES string of the molecule is COc1ccc(CN(C)CC(CO)C(C)C)cc1. The van der Waals surface area contributed by atoms with Gasteiger partial charge >= 0.3 is 0 Å². The molecule has 0 bridgehead atoms. The lowest BCUT2D eigenvalue weighted by atomic mass is 9.96. The number of aliphatic hydroxyl groups excluding tert-OH is 1. The van der Waals surface area contributed by atoms with Gasteiger partial charge in [0.05, 0.1) is 7.11 Å². The Morgan fingerprint density at radius 3 is 2.28 bits per heavy atom. The minimum Gasteiger partial charge on any atom is -0.497 e. The molecule has 1 rings (SSSR count). The second-order valence-corrected chi connectivity index (χ2v) is 5.23. The average Bonchev–Trinajstić information content (AvgIpc) is 2.36. The molecule has 0 aliphatic carbocycles. The van der Waals surface area contributed by atoms with Crippen LogP contribution in [0.3, 0.4) is 0 Å². The molecule has 1 aromatic carbocycles. The number of benzene rings is 1. The lowest BCUT2D eigenvalue weighted by Gasteiger charge is -2.25. The van der Waals surface area contributed by atoms with Crippen molar-refractivity contribution in [3.05, 3.63) is 29.8 Å². The molecule has 3 heteroatoms. The molecule has 0 radical (unpaired) electrons. The normalized spacial score (nSPS) is 13.1. The third-order valence-electron chi connectivity index (χ3n) is 3.34. The zero-order valence-electron chi connectivity index (χ0n) is 11.9. The molecule has 0 saturated heterocycles. The van der Waals surface area contributed by atoms with Crippen molar-refractivity contribution in [3.63, 3.8) is 0 Å². The van der Waals surface area contributed by atoms with E-state index in [1.54, 1.807) is 7.11 Å². The van der Waals surface area contributed by atoms with Gasteiger partial charge in [-0.05, 0) is 36.6 Å². The van der Waals surface area contributed by atoms with E-state index >= 15 is 0 Å². The van der Waals surface area contributed by atoms with E-state index in [9.17, 15) is 5.11 Å². The number of ether oxygens (including phenoxy) is 1. The monoisotopic (exact) mass is 251 g/mol. The summed E-state index contributed by atoms with van der Waals surface area (Å²) >= 11 is 0. The Hall–Kier alpha value is -1.06. The highest BCUT2D eigenvalue weighted by Crippen LogP contribution is 2.15. The van der Waals surface area contributed by atoms with Crippen LogP contribution in [0.2, 0.25) is 0 Å². The van der Waals surface area contributed by atoms with Gasteiger partial charge in [0.15, 0.2) is 0 Å². The molecular weight excluding hydrogens is 226 g/mol. The maximum atomic E-state index is 9.34. The first-order valence-electron chi connectivity index (χ1n) is 6.49. The zero-order valence-corrected chi connectivity index (χ0v) is 11.9. The van der Waals surface area contributed by atoms with Crippen LogP contribution in [0.5, 0.6) is 5.75 Å². The van der Waals surface area contributed by atoms with E-state index in [2.05, 4.69) is 37.9 Å². The van der Waals surface area contributed by atoms with Gasteiger partial charge in [-0.25, -0.2) is 0 Å². The number of methoxy groups -OCH3 is 1. The number of aliphatic hydroxyl groups is 1. The second-order valence-electron chi connectivity index (χ2n) is 5.23. The molecule has 0 fully saturated rings. The maximum Gasteiger partial charge on any atom is 0.118 e. The minimum absolute atomic E-state index is 0.255. The number of rotatable bonds is 7. The highest BCUT2D eigenvalue weighted by molar-refractivity contribution is 5.27. The van der Waals surface area contributed by atoms with Gasteiger partial charge in [-0.2, -0.15) is 0 Å². The van der Waals surface area contributed by atoms with E-state index in [0.717, 1.165) is 18.8 Å². The molecule has 0 aliphatic rings. The van der Waals surface area contributed by atoms with Crippen LogP contribution in [-0.2, 0) is 6.54 Å². The van der Waals surface area contributed by atoms with Crippen LogP contribution in [-0.4, -0.2) is 37.3 Å². The summed E-state index contributed by atoms with van der Waals surface area (Å²) < 4.78 is 5.14. The van der Waals surface area contributed by atoms with Crippen LogP contribution in [0.1, 0.15) is 19.4 Å². The highest BCUT2D eigenvalue weighted by Gasteiger charge is 2.14. The highest BCUT2D eigenvalue weighted by atomic mass is 16.5. The van der Waals surface area contributed by atoms with Gasteiger partial charge in [0, 0.05) is 19.7 Å². The van der Waals surface area contributed by atoms with Crippen LogP contribution in [0, 0.1) is 11.8 Å². The summed E-state index contributed by atoms with van der Waals surface area (Å²) in [7, 11) is 3.77. The smallest absolute Gasteiger partial charge is 0.118 e. The summed E-state index contributed by atoms with van der Waals surface area (Å²) in [5.74, 6) is 1.73. The van der Waals surface area contributed by atoms with Gasteiger partial charge in [-0.3, -0.25) is 0 Å². The van der Waals surface area contributed by atoms with Crippen LogP contribution in [0.15, 0.2) is 24.3 Å². The number of hydrogen-bond donors (Lipinski definition) is 1. The molecule has 0 heterocycles. The fourth-order valence-electron chi connectivity index (χ4n) is 1.99. The van der Waals surface area contributed by atoms with E-state index in [-0.39, 0.29) is 6.61 Å². The van der Waals surface area contributed by atoms with Crippen molar-refractivity contribution in [1.29, 1.82) is 0 Å².